The zero-order chi connectivity index (χ0) is 12.3. The van der Waals surface area contributed by atoms with Gasteiger partial charge in [0, 0.05) is 31.5 Å². The number of nitrogens with zero attached hydrogens (tertiary/aromatic N) is 2. The molecular formula is C13H23N3O. The largest absolute Gasteiger partial charge is 0.381 e. The predicted molar refractivity (Wildman–Crippen MR) is 69.2 cm³/mol. The highest BCUT2D eigenvalue weighted by atomic mass is 16.5. The van der Waals surface area contributed by atoms with Crippen molar-refractivity contribution in [1.82, 2.24) is 9.78 Å². The molecule has 0 amide bonds. The zero-order valence-corrected chi connectivity index (χ0v) is 11.0. The lowest BCUT2D eigenvalue weighted by Gasteiger charge is -2.28. The van der Waals surface area contributed by atoms with Gasteiger partial charge in [0.2, 0.25) is 0 Å². The van der Waals surface area contributed by atoms with Crippen LogP contribution < -0.4 is 5.32 Å². The molecule has 1 aliphatic rings. The van der Waals surface area contributed by atoms with Crippen molar-refractivity contribution in [3.05, 3.63) is 12.4 Å². The number of nitrogens with one attached hydrogen (secondary N) is 1. The number of hydrogen-bond donors (Lipinski definition) is 1. The predicted octanol–water partition coefficient (Wildman–Crippen LogP) is 2.69. The first-order valence-electron chi connectivity index (χ1n) is 6.55. The Morgan fingerprint density at radius 3 is 2.65 bits per heavy atom. The van der Waals surface area contributed by atoms with E-state index in [2.05, 4.69) is 37.4 Å². The molecule has 0 aromatic carbocycles. The molecule has 1 aromatic heterocycles. The van der Waals surface area contributed by atoms with E-state index >= 15 is 0 Å². The van der Waals surface area contributed by atoms with Crippen LogP contribution in [-0.2, 0) is 4.74 Å². The maximum absolute atomic E-state index is 5.39. The molecule has 1 N–H and O–H groups in total. The Hall–Kier alpha value is -1.03. The van der Waals surface area contributed by atoms with Crippen LogP contribution in [0.25, 0.3) is 0 Å². The van der Waals surface area contributed by atoms with Crippen LogP contribution in [0, 0.1) is 5.92 Å². The van der Waals surface area contributed by atoms with E-state index in [0.29, 0.717) is 18.0 Å². The molecule has 2 heterocycles. The molecule has 1 aliphatic heterocycles. The van der Waals surface area contributed by atoms with Gasteiger partial charge < -0.3 is 10.1 Å². The van der Waals surface area contributed by atoms with Gasteiger partial charge in [0.05, 0.1) is 11.9 Å². The third-order valence-corrected chi connectivity index (χ3v) is 3.50. The van der Waals surface area contributed by atoms with E-state index in [-0.39, 0.29) is 0 Å². The summed E-state index contributed by atoms with van der Waals surface area (Å²) in [6, 6.07) is 0.910. The molecule has 1 fully saturated rings. The van der Waals surface area contributed by atoms with Crippen LogP contribution >= 0.6 is 0 Å². The molecule has 0 unspecified atom stereocenters. The van der Waals surface area contributed by atoms with Gasteiger partial charge in [-0.1, -0.05) is 0 Å². The van der Waals surface area contributed by atoms with Gasteiger partial charge in [0.25, 0.3) is 0 Å². The molecule has 0 radical (unpaired) electrons. The third-order valence-electron chi connectivity index (χ3n) is 3.50. The fraction of sp³-hybridized carbons (Fsp3) is 0.769. The quantitative estimate of drug-likeness (QED) is 0.875. The average molecular weight is 237 g/mol. The number of rotatable bonds is 4. The molecule has 96 valence electrons. The summed E-state index contributed by atoms with van der Waals surface area (Å²) in [5.74, 6) is 0.714. The summed E-state index contributed by atoms with van der Waals surface area (Å²) in [4.78, 5) is 0. The lowest BCUT2D eigenvalue weighted by molar-refractivity contribution is 0.0622. The van der Waals surface area contributed by atoms with Gasteiger partial charge in [-0.05, 0) is 39.5 Å². The Bertz CT molecular complexity index is 342. The van der Waals surface area contributed by atoms with Gasteiger partial charge in [0.15, 0.2) is 0 Å². The van der Waals surface area contributed by atoms with E-state index in [1.165, 1.54) is 0 Å². The normalized spacial score (nSPS) is 19.5. The molecule has 1 saturated heterocycles. The Balaban J connectivity index is 1.90. The first-order valence-corrected chi connectivity index (χ1v) is 6.55. The second-order valence-electron chi connectivity index (χ2n) is 5.19. The lowest BCUT2D eigenvalue weighted by atomic mass is 9.93. The second-order valence-corrected chi connectivity index (χ2v) is 5.19. The van der Waals surface area contributed by atoms with E-state index in [0.717, 1.165) is 31.7 Å². The Morgan fingerprint density at radius 2 is 2.06 bits per heavy atom. The third kappa shape index (κ3) is 3.22. The number of anilines is 1. The molecule has 4 nitrogen and oxygen atoms in total. The number of ether oxygens (including phenoxy) is 1. The highest BCUT2D eigenvalue weighted by Crippen LogP contribution is 2.22. The van der Waals surface area contributed by atoms with Gasteiger partial charge in [-0.15, -0.1) is 0 Å². The molecule has 1 aromatic rings. The van der Waals surface area contributed by atoms with Crippen molar-refractivity contribution in [3.8, 4) is 0 Å². The van der Waals surface area contributed by atoms with Crippen molar-refractivity contribution in [1.29, 1.82) is 0 Å². The summed E-state index contributed by atoms with van der Waals surface area (Å²) in [5.41, 5.74) is 1.12. The lowest BCUT2D eigenvalue weighted by Crippen LogP contribution is -2.30. The first kappa shape index (κ1) is 12.4. The second kappa shape index (κ2) is 5.54. The highest BCUT2D eigenvalue weighted by Gasteiger charge is 2.20. The summed E-state index contributed by atoms with van der Waals surface area (Å²) >= 11 is 0. The van der Waals surface area contributed by atoms with Crippen molar-refractivity contribution in [2.75, 3.05) is 18.5 Å². The summed E-state index contributed by atoms with van der Waals surface area (Å²) in [6.45, 7) is 8.34. The fourth-order valence-electron chi connectivity index (χ4n) is 2.29. The Kier molecular flexibility index (Phi) is 4.05. The fourth-order valence-corrected chi connectivity index (χ4v) is 2.29. The van der Waals surface area contributed by atoms with E-state index < -0.39 is 0 Å². The topological polar surface area (TPSA) is 39.1 Å². The molecule has 0 aliphatic carbocycles. The number of aromatic nitrogens is 2. The van der Waals surface area contributed by atoms with Crippen LogP contribution in [0.15, 0.2) is 12.4 Å². The van der Waals surface area contributed by atoms with E-state index in [1.807, 2.05) is 10.9 Å². The molecule has 17 heavy (non-hydrogen) atoms. The maximum Gasteiger partial charge on any atom is 0.0728 e. The number of hydrogen-bond acceptors (Lipinski definition) is 3. The van der Waals surface area contributed by atoms with Crippen LogP contribution in [0.3, 0.4) is 0 Å². The van der Waals surface area contributed by atoms with Crippen LogP contribution in [0.2, 0.25) is 0 Å². The van der Waals surface area contributed by atoms with E-state index in [1.54, 1.807) is 0 Å². The van der Waals surface area contributed by atoms with Crippen molar-refractivity contribution >= 4 is 5.69 Å². The van der Waals surface area contributed by atoms with Crippen LogP contribution in [0.1, 0.15) is 39.7 Å². The first-order chi connectivity index (χ1) is 8.16. The van der Waals surface area contributed by atoms with Gasteiger partial charge in [-0.25, -0.2) is 0 Å². The molecular weight excluding hydrogens is 214 g/mol. The van der Waals surface area contributed by atoms with Crippen molar-refractivity contribution in [2.24, 2.45) is 5.92 Å². The molecule has 4 heteroatoms. The summed E-state index contributed by atoms with van der Waals surface area (Å²) in [5, 5.41) is 7.89. The molecule has 0 saturated carbocycles. The van der Waals surface area contributed by atoms with Crippen LogP contribution in [-0.4, -0.2) is 29.0 Å². The standard InChI is InChI=1S/C13H23N3O/c1-10(2)16-9-13(8-14-16)15-11(3)12-4-6-17-7-5-12/h8-12,15H,4-7H2,1-3H3/t11-/m1/s1. The molecule has 0 bridgehead atoms. The smallest absolute Gasteiger partial charge is 0.0728 e. The average Bonchev–Trinajstić information content (AvgIpc) is 2.79. The molecule has 1 atom stereocenters. The van der Waals surface area contributed by atoms with Gasteiger partial charge in [0.1, 0.15) is 0 Å². The van der Waals surface area contributed by atoms with Crippen molar-refractivity contribution in [3.63, 3.8) is 0 Å². The molecule has 2 rings (SSSR count). The minimum atomic E-state index is 0.420. The maximum atomic E-state index is 5.39. The molecule has 0 spiro atoms. The highest BCUT2D eigenvalue weighted by molar-refractivity contribution is 5.39. The van der Waals surface area contributed by atoms with E-state index in [4.69, 9.17) is 4.74 Å². The summed E-state index contributed by atoms with van der Waals surface area (Å²) in [7, 11) is 0. The van der Waals surface area contributed by atoms with Gasteiger partial charge >= 0.3 is 0 Å². The van der Waals surface area contributed by atoms with Crippen molar-refractivity contribution < 1.29 is 4.74 Å². The summed E-state index contributed by atoms with van der Waals surface area (Å²) < 4.78 is 7.38. The minimum absolute atomic E-state index is 0.420. The monoisotopic (exact) mass is 237 g/mol. The van der Waals surface area contributed by atoms with Crippen LogP contribution in [0.4, 0.5) is 5.69 Å². The van der Waals surface area contributed by atoms with Gasteiger partial charge in [-0.2, -0.15) is 5.10 Å². The Morgan fingerprint density at radius 1 is 1.35 bits per heavy atom. The Labute approximate surface area is 103 Å². The minimum Gasteiger partial charge on any atom is -0.381 e. The zero-order valence-electron chi connectivity index (χ0n) is 11.0. The van der Waals surface area contributed by atoms with Crippen LogP contribution in [0.5, 0.6) is 0 Å². The van der Waals surface area contributed by atoms with Gasteiger partial charge in [-0.3, -0.25) is 4.68 Å². The van der Waals surface area contributed by atoms with E-state index in [9.17, 15) is 0 Å². The van der Waals surface area contributed by atoms with Crippen molar-refractivity contribution in [2.45, 2.75) is 45.7 Å². The SMILES string of the molecule is CC(C)n1cc(N[C@H](C)C2CCOCC2)cn1. The summed E-state index contributed by atoms with van der Waals surface area (Å²) in [6.07, 6.45) is 6.31.